The third-order valence-electron chi connectivity index (χ3n) is 4.97. The van der Waals surface area contributed by atoms with Crippen LogP contribution < -0.4 is 5.32 Å². The van der Waals surface area contributed by atoms with E-state index in [9.17, 15) is 18.0 Å². The molecule has 184 valence electrons. The Kier molecular flexibility index (Phi) is 9.41. The first-order valence-corrected chi connectivity index (χ1v) is 13.9. The number of carbonyl (C=O) groups excluding carboxylic acids is 2. The number of rotatable bonds is 8. The molecule has 12 heteroatoms. The van der Waals surface area contributed by atoms with Crippen molar-refractivity contribution in [2.24, 2.45) is 0 Å². The molecule has 8 nitrogen and oxygen atoms in total. The predicted molar refractivity (Wildman–Crippen MR) is 135 cm³/mol. The number of hydrogen-bond donors (Lipinski definition) is 1. The first-order valence-electron chi connectivity index (χ1n) is 10.3. The van der Waals surface area contributed by atoms with Crippen LogP contribution in [-0.2, 0) is 29.1 Å². The van der Waals surface area contributed by atoms with E-state index in [1.807, 2.05) is 26.0 Å². The third-order valence-corrected chi connectivity index (χ3v) is 9.33. The highest BCUT2D eigenvalue weighted by Gasteiger charge is 2.28. The van der Waals surface area contributed by atoms with Gasteiger partial charge in [-0.1, -0.05) is 27.5 Å². The third kappa shape index (κ3) is 6.96. The van der Waals surface area contributed by atoms with Gasteiger partial charge in [0, 0.05) is 28.1 Å². The standard InChI is InChI=1S/C22H24BrClN2O6S2/c1-14-10-19(15(2)9-17(14)23)33-13-22(28)32-12-21(27)25-16-3-4-18(24)20(11-16)34(29,30)26-5-7-31-8-6-26/h3-4,9-11H,5-8,12-13H2,1-2H3,(H,25,27). The Bertz CT molecular complexity index is 1190. The number of nitrogens with zero attached hydrogens (tertiary/aromatic N) is 1. The van der Waals surface area contributed by atoms with Gasteiger partial charge in [0.15, 0.2) is 6.61 Å². The molecule has 2 aromatic carbocycles. The summed E-state index contributed by atoms with van der Waals surface area (Å²) in [7, 11) is -3.84. The van der Waals surface area contributed by atoms with Crippen LogP contribution in [0.1, 0.15) is 11.1 Å². The van der Waals surface area contributed by atoms with Gasteiger partial charge < -0.3 is 14.8 Å². The molecule has 0 aromatic heterocycles. The second kappa shape index (κ2) is 11.9. The number of thioether (sulfide) groups is 1. The zero-order chi connectivity index (χ0) is 24.9. The summed E-state index contributed by atoms with van der Waals surface area (Å²) >= 11 is 10.9. The first-order chi connectivity index (χ1) is 16.1. The molecule has 0 bridgehead atoms. The van der Waals surface area contributed by atoms with Crippen molar-refractivity contribution in [3.05, 3.63) is 51.0 Å². The van der Waals surface area contributed by atoms with Gasteiger partial charge in [0.2, 0.25) is 10.0 Å². The Hall–Kier alpha value is -1.63. The van der Waals surface area contributed by atoms with Gasteiger partial charge in [0.1, 0.15) is 4.90 Å². The molecule has 1 heterocycles. The average Bonchev–Trinajstić information content (AvgIpc) is 2.81. The van der Waals surface area contributed by atoms with Crippen LogP contribution in [0, 0.1) is 13.8 Å². The maximum absolute atomic E-state index is 12.9. The van der Waals surface area contributed by atoms with Crippen molar-refractivity contribution in [3.8, 4) is 0 Å². The summed E-state index contributed by atoms with van der Waals surface area (Å²) in [5.74, 6) is -1.07. The Labute approximate surface area is 216 Å². The van der Waals surface area contributed by atoms with E-state index in [4.69, 9.17) is 21.1 Å². The summed E-state index contributed by atoms with van der Waals surface area (Å²) in [5.41, 5.74) is 2.31. The molecule has 1 N–H and O–H groups in total. The Morgan fingerprint density at radius 3 is 2.59 bits per heavy atom. The molecule has 1 saturated heterocycles. The molecular weight excluding hydrogens is 568 g/mol. The Balaban J connectivity index is 1.55. The van der Waals surface area contributed by atoms with Crippen molar-refractivity contribution in [1.82, 2.24) is 4.31 Å². The number of esters is 1. The fourth-order valence-corrected chi connectivity index (χ4v) is 6.41. The highest BCUT2D eigenvalue weighted by Crippen LogP contribution is 2.29. The number of ether oxygens (including phenoxy) is 2. The first kappa shape index (κ1) is 27.0. The minimum Gasteiger partial charge on any atom is -0.455 e. The number of carbonyl (C=O) groups is 2. The number of anilines is 1. The van der Waals surface area contributed by atoms with Gasteiger partial charge in [-0.3, -0.25) is 9.59 Å². The normalized spacial score (nSPS) is 14.6. The topological polar surface area (TPSA) is 102 Å². The van der Waals surface area contributed by atoms with Gasteiger partial charge in [-0.25, -0.2) is 8.42 Å². The second-order valence-corrected chi connectivity index (χ2v) is 11.7. The van der Waals surface area contributed by atoms with Crippen molar-refractivity contribution >= 4 is 66.9 Å². The molecule has 0 saturated carbocycles. The summed E-state index contributed by atoms with van der Waals surface area (Å²) in [5, 5.41) is 2.59. The van der Waals surface area contributed by atoms with Crippen LogP contribution in [0.2, 0.25) is 5.02 Å². The van der Waals surface area contributed by atoms with Gasteiger partial charge in [-0.05, 0) is 55.3 Å². The fourth-order valence-electron chi connectivity index (χ4n) is 3.14. The molecule has 0 radical (unpaired) electrons. The lowest BCUT2D eigenvalue weighted by atomic mass is 10.2. The van der Waals surface area contributed by atoms with Crippen molar-refractivity contribution in [2.75, 3.05) is 44.0 Å². The highest BCUT2D eigenvalue weighted by atomic mass is 79.9. The van der Waals surface area contributed by atoms with E-state index in [2.05, 4.69) is 21.2 Å². The number of sulfonamides is 1. The zero-order valence-corrected chi connectivity index (χ0v) is 22.6. The molecule has 1 fully saturated rings. The minimum absolute atomic E-state index is 0.0476. The molecule has 3 rings (SSSR count). The van der Waals surface area contributed by atoms with Gasteiger partial charge in [0.05, 0.1) is 24.0 Å². The predicted octanol–water partition coefficient (Wildman–Crippen LogP) is 4.01. The highest BCUT2D eigenvalue weighted by molar-refractivity contribution is 9.10. The Morgan fingerprint density at radius 1 is 1.18 bits per heavy atom. The SMILES string of the molecule is Cc1cc(SCC(=O)OCC(=O)Nc2ccc(Cl)c(S(=O)(=O)N3CCOCC3)c2)c(C)cc1Br. The van der Waals surface area contributed by atoms with E-state index in [1.165, 1.54) is 34.3 Å². The zero-order valence-electron chi connectivity index (χ0n) is 18.6. The number of halogens is 2. The lowest BCUT2D eigenvalue weighted by molar-refractivity contribution is -0.144. The summed E-state index contributed by atoms with van der Waals surface area (Å²) in [6.45, 7) is 4.47. The van der Waals surface area contributed by atoms with Gasteiger partial charge in [0.25, 0.3) is 5.91 Å². The summed E-state index contributed by atoms with van der Waals surface area (Å²) in [6.07, 6.45) is 0. The van der Waals surface area contributed by atoms with Crippen LogP contribution in [0.25, 0.3) is 0 Å². The fraction of sp³-hybridized carbons (Fsp3) is 0.364. The van der Waals surface area contributed by atoms with Crippen LogP contribution >= 0.6 is 39.3 Å². The number of nitrogens with one attached hydrogen (secondary N) is 1. The molecule has 0 atom stereocenters. The summed E-state index contributed by atoms with van der Waals surface area (Å²) in [4.78, 5) is 25.2. The Morgan fingerprint density at radius 2 is 1.88 bits per heavy atom. The van der Waals surface area contributed by atoms with Gasteiger partial charge >= 0.3 is 5.97 Å². The van der Waals surface area contributed by atoms with Crippen molar-refractivity contribution in [3.63, 3.8) is 0 Å². The summed E-state index contributed by atoms with van der Waals surface area (Å²) < 4.78 is 38.4. The van der Waals surface area contributed by atoms with Gasteiger partial charge in [-0.15, -0.1) is 11.8 Å². The molecule has 0 unspecified atom stereocenters. The van der Waals surface area contributed by atoms with Crippen LogP contribution in [-0.4, -0.2) is 63.3 Å². The number of amides is 1. The van der Waals surface area contributed by atoms with Crippen LogP contribution in [0.5, 0.6) is 0 Å². The van der Waals surface area contributed by atoms with Crippen molar-refractivity contribution < 1.29 is 27.5 Å². The molecule has 0 aliphatic carbocycles. The van der Waals surface area contributed by atoms with E-state index < -0.39 is 28.5 Å². The second-order valence-electron chi connectivity index (χ2n) is 7.53. The van der Waals surface area contributed by atoms with Crippen molar-refractivity contribution in [1.29, 1.82) is 0 Å². The molecule has 1 aliphatic heterocycles. The summed E-state index contributed by atoms with van der Waals surface area (Å²) in [6, 6.07) is 8.13. The van der Waals surface area contributed by atoms with Crippen molar-refractivity contribution in [2.45, 2.75) is 23.6 Å². The molecule has 0 spiro atoms. The van der Waals surface area contributed by atoms with E-state index in [0.717, 1.165) is 20.5 Å². The smallest absolute Gasteiger partial charge is 0.316 e. The van der Waals surface area contributed by atoms with Gasteiger partial charge in [-0.2, -0.15) is 4.31 Å². The lowest BCUT2D eigenvalue weighted by Gasteiger charge is -2.26. The molecule has 2 aromatic rings. The maximum Gasteiger partial charge on any atom is 0.316 e. The number of hydrogen-bond acceptors (Lipinski definition) is 7. The number of aryl methyl sites for hydroxylation is 2. The monoisotopic (exact) mass is 590 g/mol. The molecule has 1 amide bonds. The van der Waals surface area contributed by atoms with E-state index in [-0.39, 0.29) is 34.4 Å². The lowest BCUT2D eigenvalue weighted by Crippen LogP contribution is -2.40. The maximum atomic E-state index is 12.9. The molecular formula is C22H24BrClN2O6S2. The average molecular weight is 592 g/mol. The molecule has 34 heavy (non-hydrogen) atoms. The minimum atomic E-state index is -3.84. The van der Waals surface area contributed by atoms with Crippen LogP contribution in [0.4, 0.5) is 5.69 Å². The quantitative estimate of drug-likeness (QED) is 0.366. The van der Waals surface area contributed by atoms with Crippen LogP contribution in [0.3, 0.4) is 0 Å². The van der Waals surface area contributed by atoms with E-state index in [1.54, 1.807) is 0 Å². The largest absolute Gasteiger partial charge is 0.455 e. The van der Waals surface area contributed by atoms with E-state index in [0.29, 0.717) is 13.2 Å². The number of morpholine rings is 1. The number of benzene rings is 2. The van der Waals surface area contributed by atoms with Crippen LogP contribution in [0.15, 0.2) is 44.6 Å². The van der Waals surface area contributed by atoms with E-state index >= 15 is 0 Å². The molecule has 1 aliphatic rings.